The van der Waals surface area contributed by atoms with Crippen molar-refractivity contribution in [2.75, 3.05) is 7.05 Å². The van der Waals surface area contributed by atoms with Crippen LogP contribution < -0.4 is 5.32 Å². The predicted molar refractivity (Wildman–Crippen MR) is 81.9 cm³/mol. The Labute approximate surface area is 119 Å². The zero-order valence-corrected chi connectivity index (χ0v) is 13.3. The van der Waals surface area contributed by atoms with Crippen molar-refractivity contribution in [1.29, 1.82) is 0 Å². The summed E-state index contributed by atoms with van der Waals surface area (Å²) < 4.78 is 1.98. The number of rotatable bonds is 5. The molecule has 0 aliphatic carbocycles. The molecule has 3 nitrogen and oxygen atoms in total. The molecule has 2 aromatic rings. The monoisotopic (exact) mass is 277 g/mol. The van der Waals surface area contributed by atoms with Gasteiger partial charge < -0.3 is 5.32 Å². The van der Waals surface area contributed by atoms with E-state index < -0.39 is 0 Å². The van der Waals surface area contributed by atoms with Gasteiger partial charge in [-0.1, -0.05) is 0 Å². The van der Waals surface area contributed by atoms with Crippen LogP contribution >= 0.6 is 11.3 Å². The third kappa shape index (κ3) is 3.07. The lowest BCUT2D eigenvalue weighted by Crippen LogP contribution is -2.16. The van der Waals surface area contributed by atoms with Crippen molar-refractivity contribution in [3.63, 3.8) is 0 Å². The number of hydrogen-bond donors (Lipinski definition) is 1. The largest absolute Gasteiger partial charge is 0.312 e. The summed E-state index contributed by atoms with van der Waals surface area (Å²) >= 11 is 1.89. The van der Waals surface area contributed by atoms with Crippen LogP contribution in [0.4, 0.5) is 0 Å². The van der Waals surface area contributed by atoms with Crippen molar-refractivity contribution < 1.29 is 0 Å². The molecular formula is C15H23N3S. The molecule has 1 unspecified atom stereocenters. The molecule has 104 valence electrons. The third-order valence-corrected chi connectivity index (χ3v) is 4.91. The fourth-order valence-corrected chi connectivity index (χ4v) is 3.56. The van der Waals surface area contributed by atoms with Crippen LogP contribution in [-0.2, 0) is 13.5 Å². The molecule has 4 heteroatoms. The van der Waals surface area contributed by atoms with E-state index in [0.29, 0.717) is 6.04 Å². The van der Waals surface area contributed by atoms with E-state index in [9.17, 15) is 0 Å². The van der Waals surface area contributed by atoms with Crippen molar-refractivity contribution in [3.8, 4) is 0 Å². The van der Waals surface area contributed by atoms with Crippen LogP contribution in [0.3, 0.4) is 0 Å². The summed E-state index contributed by atoms with van der Waals surface area (Å²) in [5, 5.41) is 7.92. The van der Waals surface area contributed by atoms with Crippen molar-refractivity contribution in [2.24, 2.45) is 7.05 Å². The molecule has 2 rings (SSSR count). The summed E-state index contributed by atoms with van der Waals surface area (Å²) in [5.41, 5.74) is 3.85. The lowest BCUT2D eigenvalue weighted by Gasteiger charge is -2.14. The molecule has 0 aliphatic heterocycles. The van der Waals surface area contributed by atoms with E-state index in [1.54, 1.807) is 0 Å². The van der Waals surface area contributed by atoms with E-state index >= 15 is 0 Å². The number of aryl methyl sites for hydroxylation is 3. The first-order chi connectivity index (χ1) is 9.02. The molecule has 1 N–H and O–H groups in total. The van der Waals surface area contributed by atoms with Gasteiger partial charge in [0.05, 0.1) is 5.69 Å². The van der Waals surface area contributed by atoms with Gasteiger partial charge in [-0.25, -0.2) is 0 Å². The van der Waals surface area contributed by atoms with E-state index in [2.05, 4.69) is 43.3 Å². The van der Waals surface area contributed by atoms with E-state index in [-0.39, 0.29) is 0 Å². The minimum Gasteiger partial charge on any atom is -0.312 e. The van der Waals surface area contributed by atoms with E-state index in [0.717, 1.165) is 18.5 Å². The standard InChI is InChI=1S/C15H23N3S/c1-10-6-9-15(19-10)14(16-4)8-7-13-11(2)17-18(5)12(13)3/h6,9,14,16H,7-8H2,1-5H3. The lowest BCUT2D eigenvalue weighted by atomic mass is 10.0. The van der Waals surface area contributed by atoms with Crippen molar-refractivity contribution in [1.82, 2.24) is 15.1 Å². The molecule has 2 aromatic heterocycles. The Balaban J connectivity index is 2.08. The normalized spacial score (nSPS) is 12.9. The Hall–Kier alpha value is -1.13. The van der Waals surface area contributed by atoms with Crippen LogP contribution in [-0.4, -0.2) is 16.8 Å². The molecule has 0 aliphatic rings. The molecule has 19 heavy (non-hydrogen) atoms. The maximum absolute atomic E-state index is 4.49. The lowest BCUT2D eigenvalue weighted by molar-refractivity contribution is 0.556. The summed E-state index contributed by atoms with van der Waals surface area (Å²) in [7, 11) is 4.06. The fraction of sp³-hybridized carbons (Fsp3) is 0.533. The highest BCUT2D eigenvalue weighted by atomic mass is 32.1. The van der Waals surface area contributed by atoms with Gasteiger partial charge in [0, 0.05) is 28.5 Å². The Kier molecular flexibility index (Phi) is 4.42. The zero-order valence-electron chi connectivity index (χ0n) is 12.4. The maximum Gasteiger partial charge on any atom is 0.0628 e. The minimum absolute atomic E-state index is 0.442. The summed E-state index contributed by atoms with van der Waals surface area (Å²) in [6.45, 7) is 6.42. The summed E-state index contributed by atoms with van der Waals surface area (Å²) in [4.78, 5) is 2.81. The van der Waals surface area contributed by atoms with E-state index in [1.807, 2.05) is 30.1 Å². The first-order valence-corrected chi connectivity index (χ1v) is 7.57. The van der Waals surface area contributed by atoms with Crippen LogP contribution in [0, 0.1) is 20.8 Å². The van der Waals surface area contributed by atoms with Gasteiger partial charge in [-0.15, -0.1) is 11.3 Å². The SMILES string of the molecule is CNC(CCc1c(C)nn(C)c1C)c1ccc(C)s1. The Morgan fingerprint density at radius 1 is 1.32 bits per heavy atom. The van der Waals surface area contributed by atoms with Crippen molar-refractivity contribution in [3.05, 3.63) is 38.8 Å². The second-order valence-electron chi connectivity index (χ2n) is 5.10. The molecule has 1 atom stereocenters. The Bertz CT molecular complexity index is 554. The van der Waals surface area contributed by atoms with Crippen LogP contribution in [0.2, 0.25) is 0 Å². The van der Waals surface area contributed by atoms with Gasteiger partial charge in [-0.05, 0) is 58.4 Å². The summed E-state index contributed by atoms with van der Waals surface area (Å²) in [6, 6.07) is 4.88. The van der Waals surface area contributed by atoms with Gasteiger partial charge in [-0.2, -0.15) is 5.10 Å². The summed E-state index contributed by atoms with van der Waals surface area (Å²) in [5.74, 6) is 0. The van der Waals surface area contributed by atoms with E-state index in [4.69, 9.17) is 0 Å². The molecule has 0 saturated heterocycles. The van der Waals surface area contributed by atoms with Crippen molar-refractivity contribution >= 4 is 11.3 Å². The fourth-order valence-electron chi connectivity index (χ4n) is 2.54. The quantitative estimate of drug-likeness (QED) is 0.909. The van der Waals surface area contributed by atoms with E-state index in [1.165, 1.54) is 21.0 Å². The van der Waals surface area contributed by atoms with Gasteiger partial charge in [0.25, 0.3) is 0 Å². The second kappa shape index (κ2) is 5.88. The molecule has 0 spiro atoms. The number of thiophene rings is 1. The number of hydrogen-bond acceptors (Lipinski definition) is 3. The van der Waals surface area contributed by atoms with Gasteiger partial charge in [-0.3, -0.25) is 4.68 Å². The zero-order chi connectivity index (χ0) is 14.0. The molecule has 0 aromatic carbocycles. The highest BCUT2D eigenvalue weighted by Gasteiger charge is 2.15. The third-order valence-electron chi connectivity index (χ3n) is 3.79. The van der Waals surface area contributed by atoms with Crippen LogP contribution in [0.5, 0.6) is 0 Å². The molecule has 2 heterocycles. The molecule has 0 amide bonds. The van der Waals surface area contributed by atoms with Crippen molar-refractivity contribution in [2.45, 2.75) is 39.7 Å². The average Bonchev–Trinajstić information content (AvgIpc) is 2.89. The first-order valence-electron chi connectivity index (χ1n) is 6.75. The molecule has 0 bridgehead atoms. The Morgan fingerprint density at radius 3 is 2.53 bits per heavy atom. The van der Waals surface area contributed by atoms with Gasteiger partial charge >= 0.3 is 0 Å². The maximum atomic E-state index is 4.49. The van der Waals surface area contributed by atoms with Gasteiger partial charge in [0.2, 0.25) is 0 Å². The van der Waals surface area contributed by atoms with Crippen LogP contribution in [0.15, 0.2) is 12.1 Å². The molecule has 0 fully saturated rings. The molecular weight excluding hydrogens is 254 g/mol. The van der Waals surface area contributed by atoms with Gasteiger partial charge in [0.1, 0.15) is 0 Å². The second-order valence-corrected chi connectivity index (χ2v) is 6.42. The number of nitrogens with zero attached hydrogens (tertiary/aromatic N) is 2. The highest BCUT2D eigenvalue weighted by molar-refractivity contribution is 7.12. The highest BCUT2D eigenvalue weighted by Crippen LogP contribution is 2.27. The number of nitrogens with one attached hydrogen (secondary N) is 1. The molecule has 0 saturated carbocycles. The predicted octanol–water partition coefficient (Wildman–Crippen LogP) is 3.30. The average molecular weight is 277 g/mol. The smallest absolute Gasteiger partial charge is 0.0628 e. The minimum atomic E-state index is 0.442. The van der Waals surface area contributed by atoms with Crippen LogP contribution in [0.25, 0.3) is 0 Å². The number of aromatic nitrogens is 2. The van der Waals surface area contributed by atoms with Gasteiger partial charge in [0.15, 0.2) is 0 Å². The summed E-state index contributed by atoms with van der Waals surface area (Å²) in [6.07, 6.45) is 2.19. The molecule has 0 radical (unpaired) electrons. The first kappa shape index (κ1) is 14.3. The Morgan fingerprint density at radius 2 is 2.05 bits per heavy atom. The topological polar surface area (TPSA) is 29.9 Å². The van der Waals surface area contributed by atoms with Crippen LogP contribution in [0.1, 0.15) is 39.2 Å².